The minimum absolute atomic E-state index is 0.0401. The Morgan fingerprint density at radius 1 is 0.776 bits per heavy atom. The summed E-state index contributed by atoms with van der Waals surface area (Å²) in [5, 5.41) is 17.1. The smallest absolute Gasteiger partial charge is 0.469 e. The minimum Gasteiger partial charge on any atom is -0.478 e. The number of hydrogen-bond acceptors (Lipinski definition) is 8. The summed E-state index contributed by atoms with van der Waals surface area (Å²) >= 11 is 0. The molecular formula is C50H78N6O7Si4. The number of unbranched alkanes of at least 4 members (excludes halogenated alkanes) is 1. The number of allylic oxidation sites excluding steroid dienone is 1. The average Bonchev–Trinajstić information content (AvgIpc) is 3.88. The van der Waals surface area contributed by atoms with Crippen molar-refractivity contribution in [3.8, 4) is 0 Å². The van der Waals surface area contributed by atoms with Crippen molar-refractivity contribution in [1.29, 1.82) is 0 Å². The van der Waals surface area contributed by atoms with Crippen LogP contribution in [0, 0.1) is 13.8 Å². The first-order valence-corrected chi connectivity index (χ1v) is 36.3. The van der Waals surface area contributed by atoms with Gasteiger partial charge in [-0.15, -0.1) is 0 Å². The van der Waals surface area contributed by atoms with E-state index in [0.717, 1.165) is 69.3 Å². The number of carbonyl (C=O) groups excluding carboxylic acids is 2. The highest BCUT2D eigenvalue weighted by molar-refractivity contribution is 6.90. The number of fused-ring (bicyclic) bond motifs is 8. The number of carboxylic acid groups (broad SMARTS) is 1. The highest BCUT2D eigenvalue weighted by Crippen LogP contribution is 2.44. The van der Waals surface area contributed by atoms with Crippen LogP contribution < -0.4 is 10.6 Å². The molecule has 5 rings (SSSR count). The monoisotopic (exact) mass is 987 g/mol. The Morgan fingerprint density at radius 3 is 1.93 bits per heavy atom. The quantitative estimate of drug-likeness (QED) is 0.0513. The van der Waals surface area contributed by atoms with Gasteiger partial charge in [0.2, 0.25) is 11.8 Å². The molecule has 0 radical (unpaired) electrons. The summed E-state index contributed by atoms with van der Waals surface area (Å²) in [6.07, 6.45) is 5.43. The van der Waals surface area contributed by atoms with Gasteiger partial charge in [0.1, 0.15) is 0 Å². The highest BCUT2D eigenvalue weighted by atomic mass is 28.5. The van der Waals surface area contributed by atoms with Crippen LogP contribution in [0.25, 0.3) is 39.3 Å². The fourth-order valence-corrected chi connectivity index (χ4v) is 23.9. The summed E-state index contributed by atoms with van der Waals surface area (Å²) in [4.78, 5) is 58.8. The van der Waals surface area contributed by atoms with Crippen molar-refractivity contribution in [2.45, 2.75) is 163 Å². The summed E-state index contributed by atoms with van der Waals surface area (Å²) in [5.41, 5.74) is 10.8. The van der Waals surface area contributed by atoms with Crippen molar-refractivity contribution in [3.05, 3.63) is 75.4 Å². The van der Waals surface area contributed by atoms with Crippen LogP contribution in [0.15, 0.2) is 24.8 Å². The Hall–Kier alpha value is -4.24. The number of carbonyl (C=O) groups is 3. The van der Waals surface area contributed by atoms with E-state index in [9.17, 15) is 19.5 Å². The van der Waals surface area contributed by atoms with Gasteiger partial charge < -0.3 is 38.1 Å². The first-order chi connectivity index (χ1) is 31.2. The molecule has 0 saturated heterocycles. The molecule has 2 atom stereocenters. The van der Waals surface area contributed by atoms with Gasteiger partial charge in [-0.3, -0.25) is 14.6 Å². The van der Waals surface area contributed by atoms with Crippen molar-refractivity contribution < 1.29 is 31.8 Å². The van der Waals surface area contributed by atoms with Crippen molar-refractivity contribution >= 4 is 90.8 Å². The fraction of sp³-hybridized carbons (Fsp3) is 0.540. The van der Waals surface area contributed by atoms with Crippen LogP contribution in [0.5, 0.6) is 0 Å². The van der Waals surface area contributed by atoms with Gasteiger partial charge in [-0.25, -0.2) is 9.78 Å². The minimum atomic E-state index is -3.07. The Balaban J connectivity index is 1.63. The number of nitrogens with one attached hydrogen (secondary N) is 4. The van der Waals surface area contributed by atoms with E-state index in [1.165, 1.54) is 0 Å². The molecule has 2 aliphatic rings. The third kappa shape index (κ3) is 13.5. The van der Waals surface area contributed by atoms with E-state index in [0.29, 0.717) is 54.5 Å². The van der Waals surface area contributed by atoms with E-state index in [1.807, 2.05) is 18.2 Å². The summed E-state index contributed by atoms with van der Waals surface area (Å²) < 4.78 is 20.6. The van der Waals surface area contributed by atoms with Gasteiger partial charge in [-0.1, -0.05) is 39.8 Å². The van der Waals surface area contributed by atoms with Crippen LogP contribution in [-0.2, 0) is 39.6 Å². The molecule has 3 aromatic rings. The van der Waals surface area contributed by atoms with E-state index in [2.05, 4.69) is 127 Å². The van der Waals surface area contributed by atoms with Gasteiger partial charge in [0.15, 0.2) is 25.0 Å². The van der Waals surface area contributed by atoms with Gasteiger partial charge in [0.25, 0.3) is 0 Å². The van der Waals surface area contributed by atoms with E-state index in [-0.39, 0.29) is 47.8 Å². The number of hydrogen-bond donors (Lipinski definition) is 5. The SMILES string of the molecule is C=Cc1c(C)c2cc3nc(c(CC(=O)NCCCC)c4nc(cc5[nH]c(cc1[nH]2)c(C)c5CC)C(C)=C4C(=O)O)[C@@H](CCC(=O)NCCC[Si](O[Si](C)(C)C)(O[Si](C)(C)C)O[Si](C)(C)C)[C@@H]3C. The number of aromatic amines is 2. The lowest BCUT2D eigenvalue weighted by Crippen LogP contribution is -2.60. The lowest BCUT2D eigenvalue weighted by atomic mass is 9.84. The Bertz CT molecular complexity index is 2520. The van der Waals surface area contributed by atoms with Crippen LogP contribution in [0.1, 0.15) is 122 Å². The zero-order valence-corrected chi connectivity index (χ0v) is 47.0. The molecule has 0 spiro atoms. The normalized spacial score (nSPS) is 15.8. The summed E-state index contributed by atoms with van der Waals surface area (Å²) in [5.74, 6) is -2.01. The zero-order chi connectivity index (χ0) is 49.8. The predicted octanol–water partition coefficient (Wildman–Crippen LogP) is 11.3. The number of aryl methyl sites for hydroxylation is 3. The van der Waals surface area contributed by atoms with Crippen LogP contribution in [0.3, 0.4) is 0 Å². The molecule has 3 aromatic heterocycles. The largest absolute Gasteiger partial charge is 0.478 e. The third-order valence-electron chi connectivity index (χ3n) is 12.2. The molecule has 5 heterocycles. The number of carboxylic acids is 1. The molecule has 0 aliphatic carbocycles. The molecule has 8 bridgehead atoms. The second kappa shape index (κ2) is 21.6. The third-order valence-corrected chi connectivity index (χ3v) is 24.2. The average molecular weight is 988 g/mol. The molecule has 0 fully saturated rings. The van der Waals surface area contributed by atoms with Crippen LogP contribution in [0.2, 0.25) is 65.0 Å². The number of nitrogens with zero attached hydrogens (tertiary/aromatic N) is 2. The molecular weight excluding hydrogens is 909 g/mol. The van der Waals surface area contributed by atoms with Gasteiger partial charge in [-0.2, -0.15) is 0 Å². The Morgan fingerprint density at radius 2 is 1.36 bits per heavy atom. The molecule has 17 heteroatoms. The fourth-order valence-electron chi connectivity index (χ4n) is 9.25. The van der Waals surface area contributed by atoms with Crippen molar-refractivity contribution in [1.82, 2.24) is 30.6 Å². The summed E-state index contributed by atoms with van der Waals surface area (Å²) in [7, 11) is -9.25. The molecule has 0 aromatic carbocycles. The Labute approximate surface area is 403 Å². The van der Waals surface area contributed by atoms with Crippen molar-refractivity contribution in [2.24, 2.45) is 0 Å². The van der Waals surface area contributed by atoms with Gasteiger partial charge in [-0.05, 0) is 146 Å². The maximum atomic E-state index is 13.9. The molecule has 2 amide bonds. The first kappa shape index (κ1) is 53.7. The van der Waals surface area contributed by atoms with Gasteiger partial charge in [0.05, 0.1) is 29.1 Å². The maximum absolute atomic E-state index is 13.9. The number of amides is 2. The maximum Gasteiger partial charge on any atom is 0.469 e. The molecule has 67 heavy (non-hydrogen) atoms. The van der Waals surface area contributed by atoms with Crippen LogP contribution in [0.4, 0.5) is 0 Å². The van der Waals surface area contributed by atoms with E-state index in [4.69, 9.17) is 22.3 Å². The first-order valence-electron chi connectivity index (χ1n) is 24.2. The molecule has 366 valence electrons. The molecule has 13 nitrogen and oxygen atoms in total. The standard InChI is InChI=1S/C50H78N6O7Si4/c1-17-20-24-52-46(58)27-38-48-37(22-23-45(57)51-25-21-26-67(61-64(8,9)10,62-65(11,12)13)63-66(14,15)16)33(6)41(55-48)28-39-31(4)35(18-2)43(53-39)29-40-32(5)36(19-3)44(54-40)30-42-34(7)47(50(59)60)49(38)56-42/h18,28-30,33,37,53-54H,2,17,19-27H2,1,3-16H3,(H,51,57)(H,52,58)(H,59,60)/t33-,37-/m0/s1. The second-order valence-corrected chi connectivity index (χ2v) is 38.2. The van der Waals surface area contributed by atoms with E-state index < -0.39 is 39.7 Å². The summed E-state index contributed by atoms with van der Waals surface area (Å²) in [6, 6.07) is 6.68. The Kier molecular flexibility index (Phi) is 17.3. The summed E-state index contributed by atoms with van der Waals surface area (Å²) in [6.45, 7) is 36.8. The molecule has 2 aliphatic heterocycles. The molecule has 0 saturated carbocycles. The molecule has 0 unspecified atom stereocenters. The van der Waals surface area contributed by atoms with Crippen LogP contribution >= 0.6 is 0 Å². The van der Waals surface area contributed by atoms with Crippen molar-refractivity contribution in [3.63, 3.8) is 0 Å². The topological polar surface area (TPSA) is 181 Å². The van der Waals surface area contributed by atoms with Crippen molar-refractivity contribution in [2.75, 3.05) is 13.1 Å². The highest BCUT2D eigenvalue weighted by Gasteiger charge is 2.49. The lowest BCUT2D eigenvalue weighted by Gasteiger charge is -2.43. The van der Waals surface area contributed by atoms with E-state index in [1.54, 1.807) is 6.92 Å². The number of rotatable bonds is 21. The van der Waals surface area contributed by atoms with E-state index >= 15 is 0 Å². The zero-order valence-electron chi connectivity index (χ0n) is 43.0. The molecule has 5 N–H and O–H groups in total. The predicted molar refractivity (Wildman–Crippen MR) is 284 cm³/mol. The number of H-pyrrole nitrogens is 2. The lowest BCUT2D eigenvalue weighted by molar-refractivity contribution is -0.130. The number of aromatic nitrogens is 4. The van der Waals surface area contributed by atoms with Crippen LogP contribution in [-0.4, -0.2) is 89.7 Å². The van der Waals surface area contributed by atoms with Gasteiger partial charge >= 0.3 is 14.8 Å². The number of aliphatic carboxylic acids is 1. The van der Waals surface area contributed by atoms with Gasteiger partial charge in [0, 0.05) is 76.3 Å². The second-order valence-electron chi connectivity index (χ2n) is 21.2.